The first kappa shape index (κ1) is 14.9. The van der Waals surface area contributed by atoms with Crippen LogP contribution in [0.4, 0.5) is 5.69 Å². The number of benzene rings is 1. The summed E-state index contributed by atoms with van der Waals surface area (Å²) in [5.41, 5.74) is 2.99. The summed E-state index contributed by atoms with van der Waals surface area (Å²) in [6, 6.07) is 6.29. The van der Waals surface area contributed by atoms with E-state index in [9.17, 15) is 4.79 Å². The van der Waals surface area contributed by atoms with Crippen LogP contribution in [0.2, 0.25) is 0 Å². The van der Waals surface area contributed by atoms with Crippen LogP contribution in [0.25, 0.3) is 0 Å². The number of rotatable bonds is 3. The van der Waals surface area contributed by atoms with E-state index in [0.29, 0.717) is 6.04 Å². The van der Waals surface area contributed by atoms with Crippen LogP contribution >= 0.6 is 0 Å². The molecule has 20 heavy (non-hydrogen) atoms. The maximum atomic E-state index is 12.6. The van der Waals surface area contributed by atoms with Crippen molar-refractivity contribution in [2.75, 3.05) is 19.4 Å². The summed E-state index contributed by atoms with van der Waals surface area (Å²) in [5, 5.41) is 3.13. The fraction of sp³-hybridized carbons (Fsp3) is 0.588. The molecular formula is C17H26N2O. The fourth-order valence-electron chi connectivity index (χ4n) is 3.08. The maximum Gasteiger partial charge on any atom is 0.253 e. The highest BCUT2D eigenvalue weighted by Gasteiger charge is 2.25. The van der Waals surface area contributed by atoms with Gasteiger partial charge in [0.25, 0.3) is 5.91 Å². The van der Waals surface area contributed by atoms with Crippen LogP contribution < -0.4 is 5.32 Å². The van der Waals surface area contributed by atoms with Gasteiger partial charge in [0.1, 0.15) is 0 Å². The lowest BCUT2D eigenvalue weighted by molar-refractivity contribution is 0.0679. The molecule has 1 N–H and O–H groups in total. The van der Waals surface area contributed by atoms with Crippen molar-refractivity contribution >= 4 is 11.6 Å². The van der Waals surface area contributed by atoms with Crippen molar-refractivity contribution in [1.82, 2.24) is 4.90 Å². The Morgan fingerprint density at radius 1 is 1.25 bits per heavy atom. The van der Waals surface area contributed by atoms with Crippen molar-refractivity contribution in [3.8, 4) is 0 Å². The SMILES string of the molecule is CNc1ccc(C(=O)N(C)C2CCC(C)CC2)cc1C. The average Bonchev–Trinajstić information content (AvgIpc) is 2.46. The van der Waals surface area contributed by atoms with Gasteiger partial charge in [-0.1, -0.05) is 6.92 Å². The second-order valence-electron chi connectivity index (χ2n) is 6.11. The highest BCUT2D eigenvalue weighted by molar-refractivity contribution is 5.95. The summed E-state index contributed by atoms with van der Waals surface area (Å²) in [6.45, 7) is 4.34. The molecule has 0 atom stereocenters. The Morgan fingerprint density at radius 3 is 2.45 bits per heavy atom. The van der Waals surface area contributed by atoms with E-state index in [0.717, 1.165) is 35.6 Å². The third kappa shape index (κ3) is 3.14. The molecule has 0 radical (unpaired) electrons. The second-order valence-corrected chi connectivity index (χ2v) is 6.11. The Balaban J connectivity index is 2.08. The first-order chi connectivity index (χ1) is 9.52. The van der Waals surface area contributed by atoms with Crippen molar-refractivity contribution < 1.29 is 4.79 Å². The second kappa shape index (κ2) is 6.29. The molecule has 1 aromatic rings. The highest BCUT2D eigenvalue weighted by atomic mass is 16.2. The number of amides is 1. The number of nitrogens with one attached hydrogen (secondary N) is 1. The zero-order valence-electron chi connectivity index (χ0n) is 13.1. The van der Waals surface area contributed by atoms with E-state index in [-0.39, 0.29) is 5.91 Å². The first-order valence-corrected chi connectivity index (χ1v) is 7.58. The quantitative estimate of drug-likeness (QED) is 0.911. The lowest BCUT2D eigenvalue weighted by Crippen LogP contribution is -2.39. The average molecular weight is 274 g/mol. The fourth-order valence-corrected chi connectivity index (χ4v) is 3.08. The Bertz CT molecular complexity index is 476. The van der Waals surface area contributed by atoms with E-state index in [2.05, 4.69) is 12.2 Å². The molecule has 3 heteroatoms. The summed E-state index contributed by atoms with van der Waals surface area (Å²) in [5.74, 6) is 0.960. The van der Waals surface area contributed by atoms with Crippen LogP contribution in [-0.4, -0.2) is 30.9 Å². The largest absolute Gasteiger partial charge is 0.388 e. The highest BCUT2D eigenvalue weighted by Crippen LogP contribution is 2.27. The molecule has 1 fully saturated rings. The van der Waals surface area contributed by atoms with Crippen molar-refractivity contribution in [2.24, 2.45) is 5.92 Å². The minimum Gasteiger partial charge on any atom is -0.388 e. The number of hydrogen-bond acceptors (Lipinski definition) is 2. The monoisotopic (exact) mass is 274 g/mol. The molecular weight excluding hydrogens is 248 g/mol. The molecule has 2 rings (SSSR count). The van der Waals surface area contributed by atoms with Gasteiger partial charge in [0.2, 0.25) is 0 Å². The molecule has 1 aliphatic carbocycles. The van der Waals surface area contributed by atoms with E-state index in [1.807, 2.05) is 44.1 Å². The van der Waals surface area contributed by atoms with Gasteiger partial charge in [0, 0.05) is 31.4 Å². The van der Waals surface area contributed by atoms with Gasteiger partial charge in [-0.05, 0) is 62.3 Å². The molecule has 0 aliphatic heterocycles. The summed E-state index contributed by atoms with van der Waals surface area (Å²) in [7, 11) is 3.85. The molecule has 0 saturated heterocycles. The third-order valence-electron chi connectivity index (χ3n) is 4.60. The van der Waals surface area contributed by atoms with Crippen molar-refractivity contribution in [3.63, 3.8) is 0 Å². The third-order valence-corrected chi connectivity index (χ3v) is 4.60. The Labute approximate surface area is 122 Å². The maximum absolute atomic E-state index is 12.6. The number of anilines is 1. The first-order valence-electron chi connectivity index (χ1n) is 7.58. The van der Waals surface area contributed by atoms with Gasteiger partial charge in [0.05, 0.1) is 0 Å². The Morgan fingerprint density at radius 2 is 1.90 bits per heavy atom. The standard InChI is InChI=1S/C17H26N2O/c1-12-5-8-15(9-6-12)19(4)17(20)14-7-10-16(18-3)13(2)11-14/h7,10-12,15,18H,5-6,8-9H2,1-4H3. The Hall–Kier alpha value is -1.51. The Kier molecular flexibility index (Phi) is 4.69. The van der Waals surface area contributed by atoms with Crippen molar-refractivity contribution in [2.45, 2.75) is 45.6 Å². The van der Waals surface area contributed by atoms with Gasteiger partial charge in [0.15, 0.2) is 0 Å². The summed E-state index contributed by atoms with van der Waals surface area (Å²) in [4.78, 5) is 14.5. The summed E-state index contributed by atoms with van der Waals surface area (Å²) in [6.07, 6.45) is 4.74. The van der Waals surface area contributed by atoms with E-state index in [1.54, 1.807) is 0 Å². The van der Waals surface area contributed by atoms with Crippen LogP contribution in [0.1, 0.15) is 48.5 Å². The molecule has 3 nitrogen and oxygen atoms in total. The summed E-state index contributed by atoms with van der Waals surface area (Å²) < 4.78 is 0. The molecule has 0 spiro atoms. The number of aryl methyl sites for hydroxylation is 1. The van der Waals surface area contributed by atoms with E-state index >= 15 is 0 Å². The van der Waals surface area contributed by atoms with E-state index in [1.165, 1.54) is 12.8 Å². The normalized spacial score (nSPS) is 22.4. The predicted octanol–water partition coefficient (Wildman–Crippen LogP) is 3.69. The summed E-state index contributed by atoms with van der Waals surface area (Å²) >= 11 is 0. The zero-order chi connectivity index (χ0) is 14.7. The molecule has 0 heterocycles. The van der Waals surface area contributed by atoms with Gasteiger partial charge < -0.3 is 10.2 Å². The molecule has 1 amide bonds. The minimum absolute atomic E-state index is 0.148. The molecule has 1 saturated carbocycles. The lowest BCUT2D eigenvalue weighted by Gasteiger charge is -2.33. The number of carbonyl (C=O) groups is 1. The van der Waals surface area contributed by atoms with Crippen LogP contribution in [0.3, 0.4) is 0 Å². The number of nitrogens with zero attached hydrogens (tertiary/aromatic N) is 1. The topological polar surface area (TPSA) is 32.3 Å². The van der Waals surface area contributed by atoms with Gasteiger partial charge in [-0.15, -0.1) is 0 Å². The lowest BCUT2D eigenvalue weighted by atomic mass is 9.86. The molecule has 0 bridgehead atoms. The van der Waals surface area contributed by atoms with Gasteiger partial charge >= 0.3 is 0 Å². The number of hydrogen-bond donors (Lipinski definition) is 1. The molecule has 1 aliphatic rings. The van der Waals surface area contributed by atoms with Gasteiger partial charge in [-0.3, -0.25) is 4.79 Å². The van der Waals surface area contributed by atoms with Crippen LogP contribution in [0, 0.1) is 12.8 Å². The smallest absolute Gasteiger partial charge is 0.253 e. The van der Waals surface area contributed by atoms with Crippen LogP contribution in [-0.2, 0) is 0 Å². The van der Waals surface area contributed by atoms with Crippen LogP contribution in [0.5, 0.6) is 0 Å². The predicted molar refractivity (Wildman–Crippen MR) is 84.2 cm³/mol. The van der Waals surface area contributed by atoms with Crippen molar-refractivity contribution in [1.29, 1.82) is 0 Å². The van der Waals surface area contributed by atoms with Crippen molar-refractivity contribution in [3.05, 3.63) is 29.3 Å². The molecule has 1 aromatic carbocycles. The van der Waals surface area contributed by atoms with Crippen LogP contribution in [0.15, 0.2) is 18.2 Å². The van der Waals surface area contributed by atoms with Gasteiger partial charge in [-0.2, -0.15) is 0 Å². The minimum atomic E-state index is 0.148. The molecule has 0 aromatic heterocycles. The van der Waals surface area contributed by atoms with Gasteiger partial charge in [-0.25, -0.2) is 0 Å². The number of carbonyl (C=O) groups excluding carboxylic acids is 1. The van der Waals surface area contributed by atoms with E-state index < -0.39 is 0 Å². The molecule has 110 valence electrons. The van der Waals surface area contributed by atoms with E-state index in [4.69, 9.17) is 0 Å². The molecule has 0 unspecified atom stereocenters. The zero-order valence-corrected chi connectivity index (χ0v) is 13.1.